The summed E-state index contributed by atoms with van der Waals surface area (Å²) in [4.78, 5) is 69.1. The molecule has 1 aromatic carbocycles. The van der Waals surface area contributed by atoms with Gasteiger partial charge in [0.05, 0.1) is 43.8 Å². The van der Waals surface area contributed by atoms with Crippen molar-refractivity contribution in [3.05, 3.63) is 58.4 Å². The number of aliphatic hydroxyl groups is 2. The Labute approximate surface area is 357 Å². The molecule has 3 N–H and O–H groups in total. The lowest BCUT2D eigenvalue weighted by molar-refractivity contribution is -0.295. The Morgan fingerprint density at radius 3 is 2.23 bits per heavy atom. The van der Waals surface area contributed by atoms with E-state index in [-0.39, 0.29) is 60.0 Å². The molecule has 1 aliphatic heterocycles. The number of hydrogen-bond acceptors (Lipinski definition) is 15. The summed E-state index contributed by atoms with van der Waals surface area (Å²) in [6.45, 7) is 16.4. The van der Waals surface area contributed by atoms with Gasteiger partial charge in [0, 0.05) is 30.8 Å². The second-order valence-corrected chi connectivity index (χ2v) is 18.5. The minimum atomic E-state index is -2.25. The van der Waals surface area contributed by atoms with Gasteiger partial charge in [-0.2, -0.15) is 0 Å². The first-order valence-corrected chi connectivity index (χ1v) is 21.6. The molecule has 4 rings (SSSR count). The zero-order valence-corrected chi connectivity index (χ0v) is 37.7. The van der Waals surface area contributed by atoms with Gasteiger partial charge in [-0.3, -0.25) is 9.59 Å². The monoisotopic (exact) mass is 861 g/mol. The van der Waals surface area contributed by atoms with E-state index in [0.29, 0.717) is 5.94 Å². The normalized spacial score (nSPS) is 28.7. The summed E-state index contributed by atoms with van der Waals surface area (Å²) < 4.78 is 41.8. The molecule has 1 aromatic rings. The van der Waals surface area contributed by atoms with E-state index in [4.69, 9.17) is 33.2 Å². The number of hydrogen-bond donors (Lipinski definition) is 3. The zero-order chi connectivity index (χ0) is 45.0. The summed E-state index contributed by atoms with van der Waals surface area (Å²) in [7, 11) is 1.31. The molecule has 1 unspecified atom stereocenters. The Bertz CT molecular complexity index is 1820. The Kier molecular flexibility index (Phi) is 15.7. The number of alkyl carbamates (subject to hydrolysis) is 1. The quantitative estimate of drug-likeness (QED) is 0.0819. The van der Waals surface area contributed by atoms with Crippen LogP contribution in [0.15, 0.2) is 52.8 Å². The maximum absolute atomic E-state index is 15.0. The first kappa shape index (κ1) is 48.7. The van der Waals surface area contributed by atoms with Gasteiger partial charge in [-0.25, -0.2) is 14.4 Å². The lowest BCUT2D eigenvalue weighted by Crippen LogP contribution is -2.73. The van der Waals surface area contributed by atoms with Crippen LogP contribution in [-0.4, -0.2) is 120 Å². The highest BCUT2D eigenvalue weighted by molar-refractivity contribution is 7.98. The number of ether oxygens (including phenoxy) is 7. The smallest absolute Gasteiger partial charge is 0.407 e. The minimum absolute atomic E-state index is 0.0259. The molecule has 0 aromatic heterocycles. The Morgan fingerprint density at radius 2 is 1.70 bits per heavy atom. The maximum Gasteiger partial charge on any atom is 0.407 e. The van der Waals surface area contributed by atoms with Crippen LogP contribution in [0.25, 0.3) is 0 Å². The molecule has 1 heterocycles. The largest absolute Gasteiger partial charge is 0.493 e. The summed E-state index contributed by atoms with van der Waals surface area (Å²) in [5.41, 5.74) is -5.63. The van der Waals surface area contributed by atoms with E-state index in [1.54, 1.807) is 78.8 Å². The van der Waals surface area contributed by atoms with Gasteiger partial charge < -0.3 is 48.7 Å². The number of methoxy groups -OCH3 is 1. The van der Waals surface area contributed by atoms with Crippen molar-refractivity contribution in [2.45, 2.75) is 136 Å². The van der Waals surface area contributed by atoms with Crippen molar-refractivity contribution in [2.24, 2.45) is 17.3 Å². The van der Waals surface area contributed by atoms with Crippen molar-refractivity contribution in [3.63, 3.8) is 0 Å². The fraction of sp³-hybridized carbons (Fsp3) is 0.659. The molecule has 0 radical (unpaired) electrons. The lowest BCUT2D eigenvalue weighted by Gasteiger charge is -2.60. The third kappa shape index (κ3) is 10.2. The predicted octanol–water partition coefficient (Wildman–Crippen LogP) is 5.45. The number of rotatable bonds is 16. The molecule has 334 valence electrons. The number of nitrogens with one attached hydrogen (secondary N) is 1. The number of ketones is 1. The van der Waals surface area contributed by atoms with Gasteiger partial charge in [-0.05, 0) is 76.5 Å². The number of allylic oxidation sites excluding steroid dienone is 1. The molecular weight excluding hydrogens is 799 g/mol. The number of amides is 1. The molecule has 3 aliphatic rings. The van der Waals surface area contributed by atoms with E-state index >= 15 is 0 Å². The Balaban J connectivity index is 1.93. The summed E-state index contributed by atoms with van der Waals surface area (Å²) >= 11 is 1.47. The van der Waals surface area contributed by atoms with Crippen LogP contribution >= 0.6 is 11.8 Å². The van der Waals surface area contributed by atoms with Gasteiger partial charge >= 0.3 is 24.0 Å². The first-order valence-electron chi connectivity index (χ1n) is 20.2. The average Bonchev–Trinajstić information content (AvgIpc) is 3.14. The summed E-state index contributed by atoms with van der Waals surface area (Å²) in [5.74, 6) is -4.43. The fourth-order valence-electron chi connectivity index (χ4n) is 8.71. The highest BCUT2D eigenvalue weighted by atomic mass is 32.2. The van der Waals surface area contributed by atoms with Gasteiger partial charge in [0.2, 0.25) is 5.78 Å². The second kappa shape index (κ2) is 19.4. The third-order valence-electron chi connectivity index (χ3n) is 11.5. The van der Waals surface area contributed by atoms with E-state index < -0.39 is 94.8 Å². The summed E-state index contributed by atoms with van der Waals surface area (Å²) in [6, 6.07) is 6.98. The van der Waals surface area contributed by atoms with Crippen LogP contribution in [0.2, 0.25) is 0 Å². The summed E-state index contributed by atoms with van der Waals surface area (Å²) in [6.07, 6.45) is -4.75. The van der Waals surface area contributed by atoms with Crippen LogP contribution in [0.1, 0.15) is 98.9 Å². The van der Waals surface area contributed by atoms with Crippen molar-refractivity contribution in [1.29, 1.82) is 0 Å². The molecule has 1 amide bonds. The van der Waals surface area contributed by atoms with Crippen LogP contribution < -0.4 is 5.32 Å². The topological polar surface area (TPSA) is 202 Å². The number of benzene rings is 1. The third-order valence-corrected chi connectivity index (χ3v) is 11.9. The zero-order valence-electron chi connectivity index (χ0n) is 36.9. The molecule has 2 aliphatic carbocycles. The molecule has 1 fully saturated rings. The average molecular weight is 862 g/mol. The lowest BCUT2D eigenvalue weighted by atomic mass is 9.53. The van der Waals surface area contributed by atoms with Crippen molar-refractivity contribution in [1.82, 2.24) is 5.32 Å². The molecule has 60 heavy (non-hydrogen) atoms. The van der Waals surface area contributed by atoms with Crippen molar-refractivity contribution < 1.29 is 67.3 Å². The molecular formula is C44H63NO14S. The summed E-state index contributed by atoms with van der Waals surface area (Å²) in [5, 5.41) is 27.6. The van der Waals surface area contributed by atoms with E-state index in [1.165, 1.54) is 25.8 Å². The van der Waals surface area contributed by atoms with E-state index in [0.717, 1.165) is 0 Å². The number of carbonyl (C=O) groups is 5. The van der Waals surface area contributed by atoms with E-state index in [1.807, 2.05) is 20.1 Å². The van der Waals surface area contributed by atoms with Crippen LogP contribution in [0.4, 0.5) is 4.79 Å². The van der Waals surface area contributed by atoms with E-state index in [2.05, 4.69) is 5.32 Å². The molecule has 1 saturated heterocycles. The SMILES string of the molecule is CO/C1=C(\C)C([C@]2(OC(C)=O)CO[C@@H]2CCOCSC)[C@H](OC(=O)c2ccccc2)[C@]2(O)C[C@H](OC(=O)[C@H](O)[C@H](CC(C)C)NC(=O)OC(C)(C)C)C(C)=C(C1=O)C2(C)C. The highest BCUT2D eigenvalue weighted by Crippen LogP contribution is 2.58. The fourth-order valence-corrected chi connectivity index (χ4v) is 9.00. The van der Waals surface area contributed by atoms with Gasteiger partial charge in [-0.1, -0.05) is 45.9 Å². The van der Waals surface area contributed by atoms with Crippen LogP contribution in [-0.2, 0) is 47.5 Å². The second-order valence-electron chi connectivity index (χ2n) is 17.7. The van der Waals surface area contributed by atoms with Crippen molar-refractivity contribution in [3.8, 4) is 0 Å². The standard InChI is InChI=1S/C44H63NO14S/c1-24(2)20-29(45-40(51)59-41(6,7)8)34(47)39(50)56-30-21-44(52)37(57-38(49)28-16-14-13-15-17-28)33(26(4)36(53-11)35(48)32(25(30)3)42(44,9)10)43(58-27(5)46)22-55-31(43)18-19-54-23-60-12/h13-17,24,29-31,33-34,37,47,52H,18-23H2,1-12H3,(H,45,51)/b36-26+/t29-,30-,31+,33?,34+,37-,43-,44+/m0/s1. The molecule has 15 nitrogen and oxygen atoms in total. The number of thioether (sulfide) groups is 1. The minimum Gasteiger partial charge on any atom is -0.493 e. The molecule has 2 bridgehead atoms. The molecule has 0 spiro atoms. The van der Waals surface area contributed by atoms with Crippen molar-refractivity contribution in [2.75, 3.05) is 32.5 Å². The Hall–Kier alpha value is -3.96. The van der Waals surface area contributed by atoms with Crippen LogP contribution in [0, 0.1) is 17.3 Å². The van der Waals surface area contributed by atoms with Gasteiger partial charge in [0.25, 0.3) is 0 Å². The van der Waals surface area contributed by atoms with E-state index in [9.17, 15) is 34.2 Å². The van der Waals surface area contributed by atoms with Crippen LogP contribution in [0.5, 0.6) is 0 Å². The molecule has 8 atom stereocenters. The maximum atomic E-state index is 15.0. The number of fused-ring (bicyclic) bond motifs is 2. The van der Waals surface area contributed by atoms with Crippen molar-refractivity contribution >= 4 is 41.5 Å². The molecule has 16 heteroatoms. The first-order chi connectivity index (χ1) is 27.9. The number of esters is 3. The number of Topliss-reactive ketones (excluding diaryl/α,β-unsaturated/α-hetero) is 1. The highest BCUT2D eigenvalue weighted by Gasteiger charge is 2.70. The number of carbonyl (C=O) groups excluding carboxylic acids is 5. The van der Waals surface area contributed by atoms with Crippen LogP contribution in [0.3, 0.4) is 0 Å². The predicted molar refractivity (Wildman–Crippen MR) is 222 cm³/mol. The van der Waals surface area contributed by atoms with Gasteiger partial charge in [0.1, 0.15) is 29.5 Å². The van der Waals surface area contributed by atoms with Gasteiger partial charge in [0.15, 0.2) is 17.5 Å². The number of aliphatic hydroxyl groups excluding tert-OH is 1. The van der Waals surface area contributed by atoms with Gasteiger partial charge in [-0.15, -0.1) is 11.8 Å². The Morgan fingerprint density at radius 1 is 1.05 bits per heavy atom. The molecule has 0 saturated carbocycles.